The molecule has 0 saturated carbocycles. The molecule has 1 unspecified atom stereocenters. The molecular weight excluding hydrogens is 246 g/mol. The van der Waals surface area contributed by atoms with E-state index in [0.29, 0.717) is 13.0 Å². The fourth-order valence-corrected chi connectivity index (χ4v) is 1.36. The number of carbonyl (C=O) groups excluding carboxylic acids is 2. The molecule has 19 heavy (non-hydrogen) atoms. The van der Waals surface area contributed by atoms with Gasteiger partial charge in [-0.05, 0) is 39.5 Å². The van der Waals surface area contributed by atoms with E-state index in [1.807, 2.05) is 20.8 Å². The maximum atomic E-state index is 11.4. The number of hydrogen-bond donors (Lipinski definition) is 3. The standard InChI is InChI=1S/C13H27N3O3/c1-5-13(2,3)19-12(18)16-9-7-6-8-10(14)11(17)15-4/h10H,5-9,14H2,1-4H3,(H,15,17)(H,16,18). The largest absolute Gasteiger partial charge is 0.444 e. The lowest BCUT2D eigenvalue weighted by Gasteiger charge is -2.23. The Labute approximate surface area is 115 Å². The minimum absolute atomic E-state index is 0.155. The fraction of sp³-hybridized carbons (Fsp3) is 0.846. The van der Waals surface area contributed by atoms with Gasteiger partial charge in [-0.2, -0.15) is 0 Å². The highest BCUT2D eigenvalue weighted by Crippen LogP contribution is 2.13. The number of ether oxygens (including phenoxy) is 1. The van der Waals surface area contributed by atoms with Crippen molar-refractivity contribution in [3.05, 3.63) is 0 Å². The third-order valence-electron chi connectivity index (χ3n) is 3.01. The van der Waals surface area contributed by atoms with Gasteiger partial charge in [0, 0.05) is 13.6 Å². The van der Waals surface area contributed by atoms with E-state index in [1.165, 1.54) is 0 Å². The Hall–Kier alpha value is -1.30. The van der Waals surface area contributed by atoms with Gasteiger partial charge < -0.3 is 21.1 Å². The number of unbranched alkanes of at least 4 members (excludes halogenated alkanes) is 1. The van der Waals surface area contributed by atoms with Crippen molar-refractivity contribution in [3.8, 4) is 0 Å². The Kier molecular flexibility index (Phi) is 8.14. The van der Waals surface area contributed by atoms with Gasteiger partial charge in [-0.1, -0.05) is 6.92 Å². The number of carbonyl (C=O) groups is 2. The average molecular weight is 273 g/mol. The van der Waals surface area contributed by atoms with Crippen LogP contribution in [0.1, 0.15) is 46.5 Å². The van der Waals surface area contributed by atoms with E-state index in [-0.39, 0.29) is 5.91 Å². The molecule has 0 aromatic carbocycles. The first-order valence-corrected chi connectivity index (χ1v) is 6.76. The van der Waals surface area contributed by atoms with Crippen molar-refractivity contribution < 1.29 is 14.3 Å². The highest BCUT2D eigenvalue weighted by Gasteiger charge is 2.19. The first kappa shape index (κ1) is 17.7. The number of nitrogens with one attached hydrogen (secondary N) is 2. The Morgan fingerprint density at radius 2 is 1.95 bits per heavy atom. The Morgan fingerprint density at radius 1 is 1.32 bits per heavy atom. The minimum Gasteiger partial charge on any atom is -0.444 e. The summed E-state index contributed by atoms with van der Waals surface area (Å²) in [6, 6.07) is -0.476. The summed E-state index contributed by atoms with van der Waals surface area (Å²) in [7, 11) is 1.56. The summed E-state index contributed by atoms with van der Waals surface area (Å²) in [6.07, 6.45) is 2.53. The van der Waals surface area contributed by atoms with Crippen LogP contribution < -0.4 is 16.4 Å². The van der Waals surface area contributed by atoms with Crippen molar-refractivity contribution in [1.29, 1.82) is 0 Å². The molecule has 2 amide bonds. The molecule has 0 spiro atoms. The fourth-order valence-electron chi connectivity index (χ4n) is 1.36. The molecule has 0 aliphatic heterocycles. The molecule has 0 aromatic heterocycles. The number of hydrogen-bond acceptors (Lipinski definition) is 4. The van der Waals surface area contributed by atoms with Gasteiger partial charge in [0.05, 0.1) is 6.04 Å². The van der Waals surface area contributed by atoms with E-state index < -0.39 is 17.7 Å². The molecule has 0 radical (unpaired) electrons. The molecule has 6 nitrogen and oxygen atoms in total. The second-order valence-corrected chi connectivity index (χ2v) is 5.15. The summed E-state index contributed by atoms with van der Waals surface area (Å²) >= 11 is 0. The van der Waals surface area contributed by atoms with Gasteiger partial charge in [-0.15, -0.1) is 0 Å². The van der Waals surface area contributed by atoms with E-state index in [9.17, 15) is 9.59 Å². The molecule has 0 aromatic rings. The first-order valence-electron chi connectivity index (χ1n) is 6.76. The van der Waals surface area contributed by atoms with Crippen molar-refractivity contribution in [2.75, 3.05) is 13.6 Å². The summed E-state index contributed by atoms with van der Waals surface area (Å²) in [5, 5.41) is 5.19. The van der Waals surface area contributed by atoms with Crippen molar-refractivity contribution in [1.82, 2.24) is 10.6 Å². The van der Waals surface area contributed by atoms with Gasteiger partial charge in [0.15, 0.2) is 0 Å². The van der Waals surface area contributed by atoms with E-state index in [1.54, 1.807) is 7.05 Å². The van der Waals surface area contributed by atoms with Crippen LogP contribution in [0.15, 0.2) is 0 Å². The van der Waals surface area contributed by atoms with Gasteiger partial charge in [0.2, 0.25) is 5.91 Å². The monoisotopic (exact) mass is 273 g/mol. The van der Waals surface area contributed by atoms with Crippen LogP contribution in [0.25, 0.3) is 0 Å². The first-order chi connectivity index (χ1) is 8.82. The van der Waals surface area contributed by atoms with Crippen molar-refractivity contribution in [3.63, 3.8) is 0 Å². The van der Waals surface area contributed by atoms with Crippen LogP contribution in [-0.4, -0.2) is 37.2 Å². The zero-order chi connectivity index (χ0) is 14.9. The molecule has 0 fully saturated rings. The second kappa shape index (κ2) is 8.74. The summed E-state index contributed by atoms with van der Waals surface area (Å²) < 4.78 is 5.23. The lowest BCUT2D eigenvalue weighted by atomic mass is 10.1. The molecule has 112 valence electrons. The van der Waals surface area contributed by atoms with Gasteiger partial charge in [-0.25, -0.2) is 4.79 Å². The predicted octanol–water partition coefficient (Wildman–Crippen LogP) is 1.14. The maximum absolute atomic E-state index is 11.4. The summed E-state index contributed by atoms with van der Waals surface area (Å²) in [5.74, 6) is -0.155. The molecule has 0 saturated heterocycles. The Balaban J connectivity index is 3.65. The molecule has 4 N–H and O–H groups in total. The van der Waals surface area contributed by atoms with Crippen LogP contribution in [-0.2, 0) is 9.53 Å². The molecule has 0 heterocycles. The smallest absolute Gasteiger partial charge is 0.407 e. The van der Waals surface area contributed by atoms with Gasteiger partial charge in [0.25, 0.3) is 0 Å². The van der Waals surface area contributed by atoms with Crippen molar-refractivity contribution in [2.45, 2.75) is 58.1 Å². The van der Waals surface area contributed by atoms with Crippen LogP contribution in [0.4, 0.5) is 4.79 Å². The summed E-state index contributed by atoms with van der Waals surface area (Å²) in [4.78, 5) is 22.6. The quantitative estimate of drug-likeness (QED) is 0.578. The number of likely N-dealkylation sites (N-methyl/N-ethyl adjacent to an activating group) is 1. The maximum Gasteiger partial charge on any atom is 0.407 e. The number of alkyl carbamates (subject to hydrolysis) is 1. The number of amides is 2. The zero-order valence-electron chi connectivity index (χ0n) is 12.4. The summed E-state index contributed by atoms with van der Waals surface area (Å²) in [5.41, 5.74) is 5.21. The molecule has 0 rings (SSSR count). The second-order valence-electron chi connectivity index (χ2n) is 5.15. The van der Waals surface area contributed by atoms with Gasteiger partial charge in [0.1, 0.15) is 5.60 Å². The third-order valence-corrected chi connectivity index (χ3v) is 3.01. The van der Waals surface area contributed by atoms with Gasteiger partial charge >= 0.3 is 6.09 Å². The predicted molar refractivity (Wildman–Crippen MR) is 74.7 cm³/mol. The molecule has 0 bridgehead atoms. The third kappa shape index (κ3) is 8.42. The van der Waals surface area contributed by atoms with E-state index in [4.69, 9.17) is 10.5 Å². The lowest BCUT2D eigenvalue weighted by Crippen LogP contribution is -2.38. The van der Waals surface area contributed by atoms with E-state index in [2.05, 4.69) is 10.6 Å². The van der Waals surface area contributed by atoms with Crippen LogP contribution in [0.5, 0.6) is 0 Å². The molecule has 6 heteroatoms. The van der Waals surface area contributed by atoms with E-state index in [0.717, 1.165) is 19.3 Å². The van der Waals surface area contributed by atoms with Crippen LogP contribution in [0.3, 0.4) is 0 Å². The molecule has 0 aliphatic carbocycles. The summed E-state index contributed by atoms with van der Waals surface area (Å²) in [6.45, 7) is 6.23. The van der Waals surface area contributed by atoms with Gasteiger partial charge in [-0.3, -0.25) is 4.79 Å². The topological polar surface area (TPSA) is 93.4 Å². The van der Waals surface area contributed by atoms with Crippen LogP contribution >= 0.6 is 0 Å². The molecule has 0 aliphatic rings. The van der Waals surface area contributed by atoms with Crippen LogP contribution in [0, 0.1) is 0 Å². The Bertz CT molecular complexity index is 293. The van der Waals surface area contributed by atoms with E-state index >= 15 is 0 Å². The van der Waals surface area contributed by atoms with Crippen molar-refractivity contribution >= 4 is 12.0 Å². The highest BCUT2D eigenvalue weighted by molar-refractivity contribution is 5.81. The number of nitrogens with two attached hydrogens (primary N) is 1. The lowest BCUT2D eigenvalue weighted by molar-refractivity contribution is -0.122. The Morgan fingerprint density at radius 3 is 2.47 bits per heavy atom. The average Bonchev–Trinajstić information content (AvgIpc) is 2.36. The normalized spacial score (nSPS) is 12.7. The zero-order valence-corrected chi connectivity index (χ0v) is 12.4. The molecular formula is C13H27N3O3. The van der Waals surface area contributed by atoms with Crippen molar-refractivity contribution in [2.24, 2.45) is 5.73 Å². The highest BCUT2D eigenvalue weighted by atomic mass is 16.6. The minimum atomic E-state index is -0.476. The SMILES string of the molecule is CCC(C)(C)OC(=O)NCCCCC(N)C(=O)NC. The van der Waals surface area contributed by atoms with Crippen LogP contribution in [0.2, 0.25) is 0 Å². The number of rotatable bonds is 8. The molecule has 1 atom stereocenters.